The van der Waals surface area contributed by atoms with Crippen LogP contribution >= 0.6 is 0 Å². The Morgan fingerprint density at radius 2 is 2.08 bits per heavy atom. The summed E-state index contributed by atoms with van der Waals surface area (Å²) in [6.07, 6.45) is 6.82. The fourth-order valence-electron chi connectivity index (χ4n) is 3.68. The van der Waals surface area contributed by atoms with Crippen LogP contribution in [0.4, 0.5) is 4.79 Å². The van der Waals surface area contributed by atoms with Gasteiger partial charge in [0.2, 0.25) is 0 Å². The van der Waals surface area contributed by atoms with Crippen molar-refractivity contribution in [3.05, 3.63) is 59.9 Å². The molecule has 0 saturated carbocycles. The van der Waals surface area contributed by atoms with Crippen molar-refractivity contribution in [2.45, 2.75) is 38.0 Å². The number of aromatic nitrogens is 2. The molecule has 2 aliphatic heterocycles. The molecule has 5 heteroatoms. The van der Waals surface area contributed by atoms with Crippen LogP contribution in [-0.4, -0.2) is 32.9 Å². The first-order chi connectivity index (χ1) is 11.7. The normalized spacial score (nSPS) is 22.4. The summed E-state index contributed by atoms with van der Waals surface area (Å²) >= 11 is 0. The van der Waals surface area contributed by atoms with Crippen LogP contribution in [0.15, 0.2) is 48.7 Å². The highest BCUT2D eigenvalue weighted by molar-refractivity contribution is 5.74. The van der Waals surface area contributed by atoms with Crippen LogP contribution in [0.5, 0.6) is 0 Å². The quantitative estimate of drug-likeness (QED) is 0.870. The van der Waals surface area contributed by atoms with Crippen LogP contribution in [0.2, 0.25) is 0 Å². The number of nitrogens with zero attached hydrogens (tertiary/aromatic N) is 3. The number of benzene rings is 1. The lowest BCUT2D eigenvalue weighted by Gasteiger charge is -2.32. The Labute approximate surface area is 141 Å². The molecule has 2 atom stereocenters. The lowest BCUT2D eigenvalue weighted by Crippen LogP contribution is -2.43. The molecule has 0 aliphatic carbocycles. The van der Waals surface area contributed by atoms with Gasteiger partial charge >= 0.3 is 6.09 Å². The van der Waals surface area contributed by atoms with Gasteiger partial charge in [0.15, 0.2) is 0 Å². The maximum atomic E-state index is 12.5. The Morgan fingerprint density at radius 3 is 2.79 bits per heavy atom. The summed E-state index contributed by atoms with van der Waals surface area (Å²) in [4.78, 5) is 14.4. The summed E-state index contributed by atoms with van der Waals surface area (Å²) in [5, 5.41) is 4.49. The molecule has 1 aromatic carbocycles. The van der Waals surface area contributed by atoms with E-state index in [1.807, 2.05) is 59.2 Å². The van der Waals surface area contributed by atoms with E-state index in [1.54, 1.807) is 0 Å². The minimum Gasteiger partial charge on any atom is -0.445 e. The largest absolute Gasteiger partial charge is 0.445 e. The van der Waals surface area contributed by atoms with Crippen LogP contribution in [0.3, 0.4) is 0 Å². The average Bonchev–Trinajstić information content (AvgIpc) is 3.15. The molecule has 1 fully saturated rings. The van der Waals surface area contributed by atoms with Crippen molar-refractivity contribution in [3.63, 3.8) is 0 Å². The van der Waals surface area contributed by atoms with Crippen LogP contribution < -0.4 is 0 Å². The van der Waals surface area contributed by atoms with E-state index in [2.05, 4.69) is 11.2 Å². The molecule has 24 heavy (non-hydrogen) atoms. The van der Waals surface area contributed by atoms with Gasteiger partial charge < -0.3 is 4.74 Å². The van der Waals surface area contributed by atoms with Crippen molar-refractivity contribution in [2.24, 2.45) is 7.05 Å². The Balaban J connectivity index is 1.45. The van der Waals surface area contributed by atoms with Crippen molar-refractivity contribution >= 4 is 11.7 Å². The van der Waals surface area contributed by atoms with E-state index >= 15 is 0 Å². The minimum absolute atomic E-state index is 0.129. The maximum absolute atomic E-state index is 12.5. The van der Waals surface area contributed by atoms with Crippen LogP contribution in [0.25, 0.3) is 5.57 Å². The van der Waals surface area contributed by atoms with Gasteiger partial charge in [-0.3, -0.25) is 9.58 Å². The fourth-order valence-corrected chi connectivity index (χ4v) is 3.68. The zero-order valence-electron chi connectivity index (χ0n) is 13.8. The van der Waals surface area contributed by atoms with Crippen LogP contribution in [-0.2, 0) is 18.4 Å². The molecule has 2 aliphatic rings. The highest BCUT2D eigenvalue weighted by atomic mass is 16.6. The first-order valence-electron chi connectivity index (χ1n) is 8.40. The van der Waals surface area contributed by atoms with Gasteiger partial charge in [-0.25, -0.2) is 4.79 Å². The lowest BCUT2D eigenvalue weighted by molar-refractivity contribution is 0.0832. The first kappa shape index (κ1) is 15.0. The van der Waals surface area contributed by atoms with Gasteiger partial charge in [0.25, 0.3) is 0 Å². The summed E-state index contributed by atoms with van der Waals surface area (Å²) in [5.41, 5.74) is 3.28. The van der Waals surface area contributed by atoms with E-state index in [9.17, 15) is 4.79 Å². The summed E-state index contributed by atoms with van der Waals surface area (Å²) in [5.74, 6) is 0. The molecule has 124 valence electrons. The minimum atomic E-state index is -0.206. The Bertz CT molecular complexity index is 766. The topological polar surface area (TPSA) is 47.4 Å². The second kappa shape index (κ2) is 6.15. The smallest absolute Gasteiger partial charge is 0.410 e. The second-order valence-corrected chi connectivity index (χ2v) is 6.52. The lowest BCUT2D eigenvalue weighted by atomic mass is 9.99. The monoisotopic (exact) mass is 323 g/mol. The fraction of sp³-hybridized carbons (Fsp3) is 0.368. The molecular formula is C19H21N3O2. The summed E-state index contributed by atoms with van der Waals surface area (Å²) in [7, 11) is 1.93. The van der Waals surface area contributed by atoms with Gasteiger partial charge in [0, 0.05) is 19.3 Å². The number of rotatable bonds is 3. The third-order valence-electron chi connectivity index (χ3n) is 4.85. The van der Waals surface area contributed by atoms with Gasteiger partial charge in [-0.2, -0.15) is 5.10 Å². The summed E-state index contributed by atoms with van der Waals surface area (Å²) in [6.45, 7) is 0.326. The highest BCUT2D eigenvalue weighted by Gasteiger charge is 2.40. The molecule has 1 amide bonds. The maximum Gasteiger partial charge on any atom is 0.410 e. The summed E-state index contributed by atoms with van der Waals surface area (Å²) < 4.78 is 7.35. The van der Waals surface area contributed by atoms with Crippen molar-refractivity contribution < 1.29 is 9.53 Å². The van der Waals surface area contributed by atoms with Crippen LogP contribution in [0.1, 0.15) is 30.5 Å². The Morgan fingerprint density at radius 1 is 1.25 bits per heavy atom. The predicted octanol–water partition coefficient (Wildman–Crippen LogP) is 3.38. The number of carbonyl (C=O) groups excluding carboxylic acids is 1. The molecule has 2 bridgehead atoms. The van der Waals surface area contributed by atoms with Crippen LogP contribution in [0, 0.1) is 0 Å². The van der Waals surface area contributed by atoms with E-state index in [-0.39, 0.29) is 18.2 Å². The molecule has 0 N–H and O–H groups in total. The van der Waals surface area contributed by atoms with Gasteiger partial charge in [0.05, 0.1) is 11.7 Å². The van der Waals surface area contributed by atoms with Crippen molar-refractivity contribution in [3.8, 4) is 0 Å². The number of hydrogen-bond acceptors (Lipinski definition) is 3. The second-order valence-electron chi connectivity index (χ2n) is 6.52. The van der Waals surface area contributed by atoms with E-state index in [1.165, 1.54) is 5.57 Å². The third kappa shape index (κ3) is 2.82. The van der Waals surface area contributed by atoms with Crippen molar-refractivity contribution in [2.75, 3.05) is 0 Å². The number of amides is 1. The molecule has 1 aromatic heterocycles. The average molecular weight is 323 g/mol. The Hall–Kier alpha value is -2.56. The number of carbonyl (C=O) groups is 1. The summed E-state index contributed by atoms with van der Waals surface area (Å²) in [6, 6.07) is 12.2. The molecule has 3 heterocycles. The van der Waals surface area contributed by atoms with Crippen molar-refractivity contribution in [1.29, 1.82) is 0 Å². The third-order valence-corrected chi connectivity index (χ3v) is 4.85. The van der Waals surface area contributed by atoms with E-state index in [0.29, 0.717) is 6.61 Å². The SMILES string of the molecule is Cn1ccc(C2=CC3CCC(C2)N3C(=O)OCc2ccccc2)n1. The number of ether oxygens (including phenoxy) is 1. The van der Waals surface area contributed by atoms with Gasteiger partial charge in [-0.1, -0.05) is 36.4 Å². The van der Waals surface area contributed by atoms with Crippen molar-refractivity contribution in [1.82, 2.24) is 14.7 Å². The zero-order chi connectivity index (χ0) is 16.5. The molecule has 5 nitrogen and oxygen atoms in total. The van der Waals surface area contributed by atoms with Gasteiger partial charge in [0.1, 0.15) is 6.61 Å². The molecule has 2 unspecified atom stereocenters. The zero-order valence-corrected chi connectivity index (χ0v) is 13.8. The van der Waals surface area contributed by atoms with Gasteiger partial charge in [-0.05, 0) is 36.5 Å². The molecular weight excluding hydrogens is 302 g/mol. The first-order valence-corrected chi connectivity index (χ1v) is 8.40. The van der Waals surface area contributed by atoms with Gasteiger partial charge in [-0.15, -0.1) is 0 Å². The molecule has 1 saturated heterocycles. The number of aryl methyl sites for hydroxylation is 1. The number of fused-ring (bicyclic) bond motifs is 2. The molecule has 0 spiro atoms. The molecule has 2 aromatic rings. The standard InChI is InChI=1S/C19H21N3O2/c1-21-10-9-18(20-21)15-11-16-7-8-17(12-15)22(16)19(23)24-13-14-5-3-2-4-6-14/h2-6,9-11,16-17H,7-8,12-13H2,1H3. The number of hydrogen-bond donors (Lipinski definition) is 0. The molecule has 4 rings (SSSR count). The van der Waals surface area contributed by atoms with E-state index in [4.69, 9.17) is 4.74 Å². The predicted molar refractivity (Wildman–Crippen MR) is 91.1 cm³/mol. The highest BCUT2D eigenvalue weighted by Crippen LogP contribution is 2.38. The van der Waals surface area contributed by atoms with E-state index in [0.717, 1.165) is 30.5 Å². The molecule has 0 radical (unpaired) electrons. The van der Waals surface area contributed by atoms with E-state index < -0.39 is 0 Å². The Kier molecular flexibility index (Phi) is 3.84.